The zero-order valence-electron chi connectivity index (χ0n) is 14.1. The molecule has 7 heteroatoms. The Kier molecular flexibility index (Phi) is 4.99. The average molecular weight is 413 g/mol. The van der Waals surface area contributed by atoms with Crippen LogP contribution in [0.1, 0.15) is 11.3 Å². The first-order valence-corrected chi connectivity index (χ1v) is 10.2. The Labute approximate surface area is 166 Å². The first kappa shape index (κ1) is 18.2. The maximum atomic E-state index is 13.4. The second-order valence-electron chi connectivity index (χ2n) is 6.90. The molecule has 1 atom stereocenters. The van der Waals surface area contributed by atoms with Crippen LogP contribution in [0.15, 0.2) is 36.4 Å². The Morgan fingerprint density at radius 2 is 1.92 bits per heavy atom. The highest BCUT2D eigenvalue weighted by atomic mass is 35.5. The second-order valence-corrected chi connectivity index (χ2v) is 9.61. The first-order chi connectivity index (χ1) is 12.4. The van der Waals surface area contributed by atoms with Gasteiger partial charge >= 0.3 is 0 Å². The molecular formula is C19H19Cl2FN2OS. The second kappa shape index (κ2) is 7.12. The lowest BCUT2D eigenvalue weighted by atomic mass is 10.2. The van der Waals surface area contributed by atoms with Crippen LogP contribution in [-0.4, -0.2) is 46.2 Å². The number of benzene rings is 1. The van der Waals surface area contributed by atoms with Gasteiger partial charge in [-0.25, -0.2) is 4.39 Å². The Morgan fingerprint density at radius 1 is 1.19 bits per heavy atom. The van der Waals surface area contributed by atoms with E-state index < -0.39 is 4.33 Å². The van der Waals surface area contributed by atoms with Crippen molar-refractivity contribution in [2.24, 2.45) is 5.92 Å². The Morgan fingerprint density at radius 3 is 2.58 bits per heavy atom. The van der Waals surface area contributed by atoms with Gasteiger partial charge in [0.15, 0.2) is 0 Å². The fraction of sp³-hybridized carbons (Fsp3) is 0.421. The normalized spacial score (nSPS) is 22.4. The van der Waals surface area contributed by atoms with Gasteiger partial charge in [-0.1, -0.05) is 12.1 Å². The number of amides is 1. The maximum absolute atomic E-state index is 13.4. The summed E-state index contributed by atoms with van der Waals surface area (Å²) < 4.78 is 12.5. The zero-order valence-corrected chi connectivity index (χ0v) is 16.5. The molecule has 2 fully saturated rings. The number of hydrogen-bond donors (Lipinski definition) is 0. The van der Waals surface area contributed by atoms with Crippen molar-refractivity contribution in [1.29, 1.82) is 0 Å². The third-order valence-corrected chi connectivity index (χ3v) is 6.91. The third kappa shape index (κ3) is 3.91. The first-order valence-electron chi connectivity index (χ1n) is 8.66. The van der Waals surface area contributed by atoms with Crippen molar-refractivity contribution in [1.82, 2.24) is 9.80 Å². The summed E-state index contributed by atoms with van der Waals surface area (Å²) in [6.45, 7) is 3.94. The summed E-state index contributed by atoms with van der Waals surface area (Å²) in [5, 5.41) is 0. The lowest BCUT2D eigenvalue weighted by Crippen LogP contribution is -2.49. The highest BCUT2D eigenvalue weighted by Gasteiger charge is 2.57. The molecule has 1 aliphatic heterocycles. The fourth-order valence-electron chi connectivity index (χ4n) is 3.31. The van der Waals surface area contributed by atoms with E-state index in [0.29, 0.717) is 19.5 Å². The van der Waals surface area contributed by atoms with Gasteiger partial charge < -0.3 is 4.90 Å². The third-order valence-electron chi connectivity index (χ3n) is 4.96. The molecule has 138 valence electrons. The minimum absolute atomic E-state index is 0.0826. The van der Waals surface area contributed by atoms with Crippen LogP contribution in [0.5, 0.6) is 0 Å². The van der Waals surface area contributed by atoms with Gasteiger partial charge in [-0.15, -0.1) is 34.5 Å². The molecule has 0 N–H and O–H groups in total. The molecule has 0 radical (unpaired) electrons. The van der Waals surface area contributed by atoms with E-state index >= 15 is 0 Å². The van der Waals surface area contributed by atoms with Crippen molar-refractivity contribution in [3.8, 4) is 10.4 Å². The summed E-state index contributed by atoms with van der Waals surface area (Å²) in [5.74, 6) is -0.366. The van der Waals surface area contributed by atoms with Crippen molar-refractivity contribution >= 4 is 40.4 Å². The molecule has 1 saturated heterocycles. The van der Waals surface area contributed by atoms with Crippen molar-refractivity contribution in [3.05, 3.63) is 47.1 Å². The van der Waals surface area contributed by atoms with Crippen LogP contribution in [0.4, 0.5) is 4.39 Å². The van der Waals surface area contributed by atoms with Gasteiger partial charge in [0.05, 0.1) is 5.92 Å². The molecule has 4 rings (SSSR count). The molecule has 1 amide bonds. The molecule has 1 aliphatic carbocycles. The molecule has 1 saturated carbocycles. The number of piperazine rings is 1. The Hall–Kier alpha value is -1.14. The Balaban J connectivity index is 1.32. The molecule has 0 spiro atoms. The van der Waals surface area contributed by atoms with Gasteiger partial charge in [0.25, 0.3) is 0 Å². The molecule has 26 heavy (non-hydrogen) atoms. The maximum Gasteiger partial charge on any atom is 0.228 e. The zero-order chi connectivity index (χ0) is 18.3. The predicted molar refractivity (Wildman–Crippen MR) is 104 cm³/mol. The largest absolute Gasteiger partial charge is 0.340 e. The van der Waals surface area contributed by atoms with E-state index in [0.717, 1.165) is 30.1 Å². The van der Waals surface area contributed by atoms with Gasteiger partial charge in [0, 0.05) is 42.5 Å². The lowest BCUT2D eigenvalue weighted by Gasteiger charge is -2.34. The molecule has 1 unspecified atom stereocenters. The van der Waals surface area contributed by atoms with Crippen molar-refractivity contribution in [3.63, 3.8) is 0 Å². The van der Waals surface area contributed by atoms with Gasteiger partial charge in [-0.2, -0.15) is 0 Å². The number of rotatable bonds is 4. The fourth-order valence-corrected chi connectivity index (χ4v) is 4.85. The van der Waals surface area contributed by atoms with Gasteiger partial charge in [0.2, 0.25) is 5.91 Å². The highest BCUT2D eigenvalue weighted by Crippen LogP contribution is 2.53. The van der Waals surface area contributed by atoms with E-state index in [9.17, 15) is 9.18 Å². The molecule has 2 heterocycles. The number of alkyl halides is 2. The highest BCUT2D eigenvalue weighted by molar-refractivity contribution is 7.15. The number of nitrogens with zero attached hydrogens (tertiary/aromatic N) is 2. The van der Waals surface area contributed by atoms with Gasteiger partial charge in [-0.3, -0.25) is 9.69 Å². The standard InChI is InChI=1S/C19H19Cl2FN2OS/c20-19(21)11-16(19)18(25)24-8-6-23(7-9-24)12-15-4-5-17(26-15)13-2-1-3-14(22)10-13/h1-5,10,16H,6-9,11-12H2. The molecule has 2 aromatic rings. The van der Waals surface area contributed by atoms with Crippen LogP contribution < -0.4 is 0 Å². The molecule has 1 aromatic heterocycles. The minimum Gasteiger partial charge on any atom is -0.340 e. The summed E-state index contributed by atoms with van der Waals surface area (Å²) in [6, 6.07) is 10.8. The van der Waals surface area contributed by atoms with Crippen LogP contribution >= 0.6 is 34.5 Å². The van der Waals surface area contributed by atoms with Crippen LogP contribution in [0.2, 0.25) is 0 Å². The molecule has 3 nitrogen and oxygen atoms in total. The van der Waals surface area contributed by atoms with Crippen molar-refractivity contribution < 1.29 is 9.18 Å². The molecular weight excluding hydrogens is 394 g/mol. The number of carbonyl (C=O) groups excluding carboxylic acids is 1. The average Bonchev–Trinajstić information content (AvgIpc) is 3.03. The summed E-state index contributed by atoms with van der Waals surface area (Å²) in [7, 11) is 0. The molecule has 0 bridgehead atoms. The van der Waals surface area contributed by atoms with E-state index in [1.54, 1.807) is 23.5 Å². The Bertz CT molecular complexity index is 817. The van der Waals surface area contributed by atoms with Crippen molar-refractivity contribution in [2.45, 2.75) is 17.3 Å². The van der Waals surface area contributed by atoms with Crippen LogP contribution in [-0.2, 0) is 11.3 Å². The van der Waals surface area contributed by atoms with E-state index in [4.69, 9.17) is 23.2 Å². The van der Waals surface area contributed by atoms with Crippen molar-refractivity contribution in [2.75, 3.05) is 26.2 Å². The SMILES string of the molecule is O=C(C1CC1(Cl)Cl)N1CCN(Cc2ccc(-c3cccc(F)c3)s2)CC1. The smallest absolute Gasteiger partial charge is 0.228 e. The lowest BCUT2D eigenvalue weighted by molar-refractivity contribution is -0.134. The van der Waals surface area contributed by atoms with Crippen LogP contribution in [0.25, 0.3) is 10.4 Å². The summed E-state index contributed by atoms with van der Waals surface area (Å²) in [6.07, 6.45) is 0.563. The number of carbonyl (C=O) groups is 1. The monoisotopic (exact) mass is 412 g/mol. The van der Waals surface area contributed by atoms with Gasteiger partial charge in [-0.05, 0) is 36.2 Å². The van der Waals surface area contributed by atoms with Crippen LogP contribution in [0.3, 0.4) is 0 Å². The summed E-state index contributed by atoms with van der Waals surface area (Å²) in [4.78, 5) is 18.9. The van der Waals surface area contributed by atoms with E-state index in [-0.39, 0.29) is 17.6 Å². The predicted octanol–water partition coefficient (Wildman–Crippen LogP) is 4.39. The van der Waals surface area contributed by atoms with E-state index in [2.05, 4.69) is 11.0 Å². The molecule has 1 aromatic carbocycles. The number of thiophene rings is 1. The summed E-state index contributed by atoms with van der Waals surface area (Å²) in [5.41, 5.74) is 0.909. The van der Waals surface area contributed by atoms with Crippen LogP contribution in [0, 0.1) is 11.7 Å². The van der Waals surface area contributed by atoms with Gasteiger partial charge in [0.1, 0.15) is 10.2 Å². The molecule has 2 aliphatic rings. The minimum atomic E-state index is -0.849. The van der Waals surface area contributed by atoms with E-state index in [1.165, 1.54) is 10.9 Å². The number of halogens is 3. The van der Waals surface area contributed by atoms with E-state index in [1.807, 2.05) is 17.0 Å². The quantitative estimate of drug-likeness (QED) is 0.695. The summed E-state index contributed by atoms with van der Waals surface area (Å²) >= 11 is 13.7. The number of hydrogen-bond acceptors (Lipinski definition) is 3. The topological polar surface area (TPSA) is 23.6 Å².